The first kappa shape index (κ1) is 19.1. The number of hydrogen-bond acceptors (Lipinski definition) is 2. The molecule has 26 heavy (non-hydrogen) atoms. The van der Waals surface area contributed by atoms with Crippen LogP contribution in [0.4, 0.5) is 0 Å². The summed E-state index contributed by atoms with van der Waals surface area (Å²) < 4.78 is 6.73. The monoisotopic (exact) mass is 366 g/mol. The van der Waals surface area contributed by atoms with E-state index >= 15 is 0 Å². The molecular formula is C23H30O2Si. The third-order valence-corrected chi connectivity index (χ3v) is 8.51. The van der Waals surface area contributed by atoms with E-state index in [-0.39, 0.29) is 0 Å². The maximum absolute atomic E-state index is 12.1. The molecule has 3 heteroatoms. The van der Waals surface area contributed by atoms with Crippen molar-refractivity contribution in [2.45, 2.75) is 52.1 Å². The van der Waals surface area contributed by atoms with Crippen molar-refractivity contribution in [2.75, 3.05) is 0 Å². The Hall–Kier alpha value is -1.71. The second-order valence-electron chi connectivity index (χ2n) is 8.64. The lowest BCUT2D eigenvalue weighted by atomic mass is 9.69. The standard InChI is InChI=1S/C23H30O2Si/c1-22(2,3)19-14-16-23(18-24,17-15-19)25-26(20-10-6-4-7-11-20)21-12-8-5-9-13-21/h4-13,18-19,26H,14-17H2,1-3H3/t19-,23+. The Bertz CT molecular complexity index is 658. The van der Waals surface area contributed by atoms with Gasteiger partial charge in [0.1, 0.15) is 5.60 Å². The lowest BCUT2D eigenvalue weighted by molar-refractivity contribution is -0.125. The van der Waals surface area contributed by atoms with Gasteiger partial charge in [0.2, 0.25) is 9.04 Å². The molecule has 2 aromatic carbocycles. The smallest absolute Gasteiger partial charge is 0.241 e. The average Bonchev–Trinajstić information content (AvgIpc) is 2.67. The molecule has 0 radical (unpaired) electrons. The molecule has 3 rings (SSSR count). The van der Waals surface area contributed by atoms with Crippen LogP contribution in [-0.4, -0.2) is 20.9 Å². The second kappa shape index (κ2) is 7.89. The molecule has 0 aliphatic heterocycles. The molecule has 0 N–H and O–H groups in total. The molecule has 0 atom stereocenters. The molecule has 0 amide bonds. The molecule has 2 aromatic rings. The minimum Gasteiger partial charge on any atom is -0.399 e. The molecular weight excluding hydrogens is 336 g/mol. The van der Waals surface area contributed by atoms with Gasteiger partial charge in [-0.25, -0.2) is 0 Å². The lowest BCUT2D eigenvalue weighted by Gasteiger charge is -2.42. The van der Waals surface area contributed by atoms with Crippen molar-refractivity contribution in [1.82, 2.24) is 0 Å². The Labute approximate surface area is 159 Å². The van der Waals surface area contributed by atoms with E-state index in [1.54, 1.807) is 0 Å². The van der Waals surface area contributed by atoms with E-state index in [1.165, 1.54) is 10.4 Å². The van der Waals surface area contributed by atoms with E-state index in [0.29, 0.717) is 11.3 Å². The molecule has 1 fully saturated rings. The van der Waals surface area contributed by atoms with Gasteiger partial charge in [-0.1, -0.05) is 81.4 Å². The minimum absolute atomic E-state index is 0.296. The predicted octanol–water partition coefficient (Wildman–Crippen LogP) is 3.72. The van der Waals surface area contributed by atoms with Crippen LogP contribution < -0.4 is 10.4 Å². The fraction of sp³-hybridized carbons (Fsp3) is 0.435. The number of carbonyl (C=O) groups excluding carboxylic acids is 1. The summed E-state index contributed by atoms with van der Waals surface area (Å²) in [6, 6.07) is 20.9. The summed E-state index contributed by atoms with van der Waals surface area (Å²) in [6.07, 6.45) is 4.89. The Morgan fingerprint density at radius 2 is 1.38 bits per heavy atom. The number of benzene rings is 2. The van der Waals surface area contributed by atoms with Crippen LogP contribution in [0.2, 0.25) is 0 Å². The van der Waals surface area contributed by atoms with Crippen molar-refractivity contribution in [3.8, 4) is 0 Å². The highest BCUT2D eigenvalue weighted by molar-refractivity contribution is 6.80. The van der Waals surface area contributed by atoms with Crippen molar-refractivity contribution in [3.05, 3.63) is 60.7 Å². The van der Waals surface area contributed by atoms with Gasteiger partial charge in [0.25, 0.3) is 0 Å². The average molecular weight is 367 g/mol. The summed E-state index contributed by atoms with van der Waals surface area (Å²) in [6.45, 7) is 6.91. The van der Waals surface area contributed by atoms with Crippen LogP contribution in [0, 0.1) is 11.3 Å². The zero-order valence-electron chi connectivity index (χ0n) is 16.2. The first-order valence-corrected chi connectivity index (χ1v) is 11.3. The van der Waals surface area contributed by atoms with Crippen LogP contribution in [0.3, 0.4) is 0 Å². The number of hydrogen-bond donors (Lipinski definition) is 0. The molecule has 0 saturated heterocycles. The third-order valence-electron chi connectivity index (χ3n) is 5.83. The topological polar surface area (TPSA) is 26.3 Å². The first-order valence-electron chi connectivity index (χ1n) is 9.68. The highest BCUT2D eigenvalue weighted by Crippen LogP contribution is 2.42. The van der Waals surface area contributed by atoms with E-state index in [9.17, 15) is 4.79 Å². The molecule has 0 aromatic heterocycles. The summed E-state index contributed by atoms with van der Waals surface area (Å²) in [5.41, 5.74) is -0.324. The Morgan fingerprint density at radius 3 is 1.77 bits per heavy atom. The predicted molar refractivity (Wildman–Crippen MR) is 111 cm³/mol. The van der Waals surface area contributed by atoms with Crippen LogP contribution in [0.25, 0.3) is 0 Å². The zero-order chi connectivity index (χ0) is 18.6. The van der Waals surface area contributed by atoms with E-state index in [0.717, 1.165) is 32.0 Å². The van der Waals surface area contributed by atoms with Crippen LogP contribution in [0.15, 0.2) is 60.7 Å². The van der Waals surface area contributed by atoms with Gasteiger partial charge >= 0.3 is 0 Å². The molecule has 0 spiro atoms. The summed E-state index contributed by atoms with van der Waals surface area (Å²) in [5.74, 6) is 0.660. The SMILES string of the molecule is CC(C)(C)[C@H]1CC[C@@](C=O)(O[SiH](c2ccccc2)c2ccccc2)CC1. The van der Waals surface area contributed by atoms with Gasteiger partial charge in [-0.15, -0.1) is 0 Å². The Kier molecular flexibility index (Phi) is 5.78. The molecule has 138 valence electrons. The summed E-state index contributed by atoms with van der Waals surface area (Å²) >= 11 is 0. The van der Waals surface area contributed by atoms with Gasteiger partial charge in [0.15, 0.2) is 6.29 Å². The molecule has 1 aliphatic rings. The van der Waals surface area contributed by atoms with Gasteiger partial charge in [-0.3, -0.25) is 0 Å². The maximum Gasteiger partial charge on any atom is 0.241 e. The van der Waals surface area contributed by atoms with Crippen molar-refractivity contribution < 1.29 is 9.22 Å². The molecule has 0 bridgehead atoms. The van der Waals surface area contributed by atoms with Gasteiger partial charge in [-0.05, 0) is 47.4 Å². The first-order chi connectivity index (χ1) is 12.4. The summed E-state index contributed by atoms with van der Waals surface area (Å²) in [7, 11) is -1.90. The van der Waals surface area contributed by atoms with E-state index in [4.69, 9.17) is 4.43 Å². The van der Waals surface area contributed by atoms with E-state index < -0.39 is 14.6 Å². The van der Waals surface area contributed by atoms with Crippen molar-refractivity contribution >= 4 is 25.7 Å². The molecule has 0 heterocycles. The molecule has 2 nitrogen and oxygen atoms in total. The summed E-state index contributed by atoms with van der Waals surface area (Å²) in [4.78, 5) is 12.1. The number of aldehydes is 1. The number of rotatable bonds is 5. The second-order valence-corrected chi connectivity index (χ2v) is 11.0. The van der Waals surface area contributed by atoms with E-state index in [1.807, 2.05) is 12.1 Å². The highest BCUT2D eigenvalue weighted by atomic mass is 28.3. The molecule has 1 saturated carbocycles. The van der Waals surface area contributed by atoms with Crippen molar-refractivity contribution in [3.63, 3.8) is 0 Å². The Balaban J connectivity index is 1.85. The maximum atomic E-state index is 12.1. The molecule has 0 unspecified atom stereocenters. The van der Waals surface area contributed by atoms with Crippen molar-refractivity contribution in [1.29, 1.82) is 0 Å². The normalized spacial score (nSPS) is 23.8. The third kappa shape index (κ3) is 4.33. The Morgan fingerprint density at radius 1 is 0.923 bits per heavy atom. The van der Waals surface area contributed by atoms with Crippen LogP contribution >= 0.6 is 0 Å². The van der Waals surface area contributed by atoms with Crippen LogP contribution in [0.1, 0.15) is 46.5 Å². The number of carbonyl (C=O) groups is 1. The van der Waals surface area contributed by atoms with E-state index in [2.05, 4.69) is 69.3 Å². The van der Waals surface area contributed by atoms with Gasteiger partial charge in [-0.2, -0.15) is 0 Å². The summed E-state index contributed by atoms with van der Waals surface area (Å²) in [5, 5.41) is 2.47. The molecule has 1 aliphatic carbocycles. The van der Waals surface area contributed by atoms with Gasteiger partial charge in [0, 0.05) is 0 Å². The minimum atomic E-state index is -1.90. The van der Waals surface area contributed by atoms with Crippen LogP contribution in [0.5, 0.6) is 0 Å². The largest absolute Gasteiger partial charge is 0.399 e. The fourth-order valence-corrected chi connectivity index (χ4v) is 6.62. The van der Waals surface area contributed by atoms with Gasteiger partial charge in [0.05, 0.1) is 0 Å². The lowest BCUT2D eigenvalue weighted by Crippen LogP contribution is -2.53. The van der Waals surface area contributed by atoms with Crippen LogP contribution in [-0.2, 0) is 9.22 Å². The fourth-order valence-electron chi connectivity index (χ4n) is 4.05. The highest BCUT2D eigenvalue weighted by Gasteiger charge is 2.41. The zero-order valence-corrected chi connectivity index (χ0v) is 17.3. The van der Waals surface area contributed by atoms with Gasteiger partial charge < -0.3 is 9.22 Å². The quantitative estimate of drug-likeness (QED) is 0.595. The van der Waals surface area contributed by atoms with Crippen molar-refractivity contribution in [2.24, 2.45) is 11.3 Å².